The Labute approximate surface area is 196 Å². The number of aromatic nitrogens is 5. The molecule has 0 fully saturated rings. The van der Waals surface area contributed by atoms with Gasteiger partial charge < -0.3 is 10.1 Å². The minimum absolute atomic E-state index is 0.0940. The topological polar surface area (TPSA) is 94.3 Å². The Balaban J connectivity index is 1.35. The van der Waals surface area contributed by atoms with Crippen molar-refractivity contribution in [3.05, 3.63) is 90.8 Å². The number of fused-ring (bicyclic) bond motifs is 1. The summed E-state index contributed by atoms with van der Waals surface area (Å²) in [4.78, 5) is 16.7. The van der Waals surface area contributed by atoms with Gasteiger partial charge in [-0.3, -0.25) is 9.78 Å². The molecule has 0 aliphatic carbocycles. The lowest BCUT2D eigenvalue weighted by atomic mass is 10.1. The predicted molar refractivity (Wildman–Crippen MR) is 129 cm³/mol. The van der Waals surface area contributed by atoms with Gasteiger partial charge in [0.15, 0.2) is 11.5 Å². The molecule has 0 bridgehead atoms. The summed E-state index contributed by atoms with van der Waals surface area (Å²) < 4.78 is 7.16. The normalized spacial score (nSPS) is 10.9. The van der Waals surface area contributed by atoms with E-state index in [0.717, 1.165) is 28.1 Å². The Hall–Kier alpha value is -4.59. The van der Waals surface area contributed by atoms with Crippen LogP contribution in [0.15, 0.2) is 85.2 Å². The van der Waals surface area contributed by atoms with Gasteiger partial charge in [-0.1, -0.05) is 24.3 Å². The van der Waals surface area contributed by atoms with Crippen molar-refractivity contribution in [2.24, 2.45) is 0 Å². The van der Waals surface area contributed by atoms with Gasteiger partial charge in [-0.05, 0) is 61.0 Å². The number of carbonyl (C=O) groups is 1. The number of ether oxygens (including phenoxy) is 1. The SMILES string of the molecule is CCOc1ccc(CC(=O)Nc2cccc(-c3ccc4nnc(-c5ccncc5)n4n3)c2)cc1. The molecule has 0 aliphatic heterocycles. The van der Waals surface area contributed by atoms with E-state index in [1.165, 1.54) is 0 Å². The van der Waals surface area contributed by atoms with Gasteiger partial charge in [-0.25, -0.2) is 0 Å². The van der Waals surface area contributed by atoms with Crippen LogP contribution in [-0.2, 0) is 11.2 Å². The number of carbonyl (C=O) groups excluding carboxylic acids is 1. The highest BCUT2D eigenvalue weighted by molar-refractivity contribution is 5.92. The number of benzene rings is 2. The molecule has 0 unspecified atom stereocenters. The molecule has 0 spiro atoms. The zero-order valence-electron chi connectivity index (χ0n) is 18.5. The number of nitrogens with zero attached hydrogens (tertiary/aromatic N) is 5. The monoisotopic (exact) mass is 450 g/mol. The number of rotatable bonds is 7. The Morgan fingerprint density at radius 3 is 2.56 bits per heavy atom. The van der Waals surface area contributed by atoms with Crippen molar-refractivity contribution in [3.63, 3.8) is 0 Å². The minimum atomic E-state index is -0.0940. The third kappa shape index (κ3) is 4.61. The third-order valence-electron chi connectivity index (χ3n) is 5.24. The van der Waals surface area contributed by atoms with Gasteiger partial charge in [0, 0.05) is 29.2 Å². The summed E-state index contributed by atoms with van der Waals surface area (Å²) in [5, 5.41) is 16.2. The summed E-state index contributed by atoms with van der Waals surface area (Å²) in [7, 11) is 0. The third-order valence-corrected chi connectivity index (χ3v) is 5.24. The summed E-state index contributed by atoms with van der Waals surface area (Å²) in [6.07, 6.45) is 3.69. The van der Waals surface area contributed by atoms with E-state index in [1.807, 2.05) is 79.7 Å². The molecule has 34 heavy (non-hydrogen) atoms. The maximum atomic E-state index is 12.6. The Bertz CT molecular complexity index is 1430. The van der Waals surface area contributed by atoms with Crippen LogP contribution in [0.25, 0.3) is 28.3 Å². The molecule has 8 heteroatoms. The van der Waals surface area contributed by atoms with Crippen LogP contribution < -0.4 is 10.1 Å². The first-order chi connectivity index (χ1) is 16.7. The molecule has 0 atom stereocenters. The molecule has 168 valence electrons. The molecule has 1 N–H and O–H groups in total. The second-order valence-corrected chi connectivity index (χ2v) is 7.63. The van der Waals surface area contributed by atoms with E-state index in [9.17, 15) is 4.79 Å². The van der Waals surface area contributed by atoms with E-state index in [0.29, 0.717) is 23.8 Å². The predicted octanol–water partition coefficient (Wildman–Crippen LogP) is 4.43. The number of pyridine rings is 1. The highest BCUT2D eigenvalue weighted by Gasteiger charge is 2.11. The van der Waals surface area contributed by atoms with Gasteiger partial charge in [0.05, 0.1) is 18.7 Å². The lowest BCUT2D eigenvalue weighted by Gasteiger charge is -2.09. The van der Waals surface area contributed by atoms with Crippen LogP contribution in [-0.4, -0.2) is 37.3 Å². The first-order valence-electron chi connectivity index (χ1n) is 10.9. The Kier molecular flexibility index (Phi) is 5.94. The standard InChI is InChI=1S/C26H22N6O2/c1-2-34-22-8-6-18(7-9-22)16-25(33)28-21-5-3-4-20(17-21)23-10-11-24-29-30-26(32(24)31-23)19-12-14-27-15-13-19/h3-15,17H,2,16H2,1H3,(H,28,33). The van der Waals surface area contributed by atoms with E-state index >= 15 is 0 Å². The fourth-order valence-corrected chi connectivity index (χ4v) is 3.64. The molecular weight excluding hydrogens is 428 g/mol. The quantitative estimate of drug-likeness (QED) is 0.394. The van der Waals surface area contributed by atoms with E-state index in [4.69, 9.17) is 9.84 Å². The van der Waals surface area contributed by atoms with Gasteiger partial charge in [0.1, 0.15) is 5.75 Å². The summed E-state index contributed by atoms with van der Waals surface area (Å²) in [6, 6.07) is 22.7. The molecule has 1 amide bonds. The second-order valence-electron chi connectivity index (χ2n) is 7.63. The molecular formula is C26H22N6O2. The number of hydrogen-bond donors (Lipinski definition) is 1. The average Bonchev–Trinajstić information content (AvgIpc) is 3.29. The molecule has 0 saturated carbocycles. The van der Waals surface area contributed by atoms with Gasteiger partial charge in [-0.15, -0.1) is 10.2 Å². The first kappa shape index (κ1) is 21.3. The van der Waals surface area contributed by atoms with E-state index < -0.39 is 0 Å². The maximum absolute atomic E-state index is 12.6. The van der Waals surface area contributed by atoms with Gasteiger partial charge in [-0.2, -0.15) is 9.61 Å². The van der Waals surface area contributed by atoms with Crippen molar-refractivity contribution in [1.82, 2.24) is 24.8 Å². The zero-order chi connectivity index (χ0) is 23.3. The molecule has 2 aromatic carbocycles. The summed E-state index contributed by atoms with van der Waals surface area (Å²) in [6.45, 7) is 2.55. The van der Waals surface area contributed by atoms with Crippen molar-refractivity contribution in [2.75, 3.05) is 11.9 Å². The average molecular weight is 451 g/mol. The van der Waals surface area contributed by atoms with Crippen LogP contribution in [0, 0.1) is 0 Å². The van der Waals surface area contributed by atoms with Crippen molar-refractivity contribution >= 4 is 17.2 Å². The van der Waals surface area contributed by atoms with Crippen molar-refractivity contribution in [2.45, 2.75) is 13.3 Å². The van der Waals surface area contributed by atoms with Crippen LogP contribution in [0.2, 0.25) is 0 Å². The first-order valence-corrected chi connectivity index (χ1v) is 10.9. The fourth-order valence-electron chi connectivity index (χ4n) is 3.64. The van der Waals surface area contributed by atoms with Crippen molar-refractivity contribution in [3.8, 4) is 28.4 Å². The van der Waals surface area contributed by atoms with Crippen LogP contribution >= 0.6 is 0 Å². The lowest BCUT2D eigenvalue weighted by Crippen LogP contribution is -2.14. The molecule has 8 nitrogen and oxygen atoms in total. The highest BCUT2D eigenvalue weighted by atomic mass is 16.5. The molecule has 0 aliphatic rings. The zero-order valence-corrected chi connectivity index (χ0v) is 18.5. The van der Waals surface area contributed by atoms with Crippen LogP contribution in [0.1, 0.15) is 12.5 Å². The smallest absolute Gasteiger partial charge is 0.228 e. The minimum Gasteiger partial charge on any atom is -0.494 e. The van der Waals surface area contributed by atoms with Crippen molar-refractivity contribution in [1.29, 1.82) is 0 Å². The second kappa shape index (κ2) is 9.50. The van der Waals surface area contributed by atoms with E-state index in [1.54, 1.807) is 16.9 Å². The van der Waals surface area contributed by atoms with Gasteiger partial charge in [0.25, 0.3) is 0 Å². The summed E-state index contributed by atoms with van der Waals surface area (Å²) in [5.74, 6) is 1.34. The van der Waals surface area contributed by atoms with Crippen molar-refractivity contribution < 1.29 is 9.53 Å². The highest BCUT2D eigenvalue weighted by Crippen LogP contribution is 2.23. The lowest BCUT2D eigenvalue weighted by molar-refractivity contribution is -0.115. The number of anilines is 1. The maximum Gasteiger partial charge on any atom is 0.228 e. The van der Waals surface area contributed by atoms with Crippen LogP contribution in [0.4, 0.5) is 5.69 Å². The number of nitrogens with one attached hydrogen (secondary N) is 1. The molecule has 5 rings (SSSR count). The van der Waals surface area contributed by atoms with Gasteiger partial charge in [0.2, 0.25) is 5.91 Å². The molecule has 5 aromatic rings. The Morgan fingerprint density at radius 1 is 0.941 bits per heavy atom. The fraction of sp³-hybridized carbons (Fsp3) is 0.115. The van der Waals surface area contributed by atoms with Crippen LogP contribution in [0.3, 0.4) is 0 Å². The summed E-state index contributed by atoms with van der Waals surface area (Å²) in [5.41, 5.74) is 4.76. The van der Waals surface area contributed by atoms with Gasteiger partial charge >= 0.3 is 0 Å². The molecule has 3 aromatic heterocycles. The largest absolute Gasteiger partial charge is 0.494 e. The van der Waals surface area contributed by atoms with E-state index in [2.05, 4.69) is 20.5 Å². The Morgan fingerprint density at radius 2 is 1.76 bits per heavy atom. The molecule has 3 heterocycles. The molecule has 0 saturated heterocycles. The number of amides is 1. The van der Waals surface area contributed by atoms with E-state index in [-0.39, 0.29) is 12.3 Å². The summed E-state index contributed by atoms with van der Waals surface area (Å²) >= 11 is 0. The number of hydrogen-bond acceptors (Lipinski definition) is 6. The van der Waals surface area contributed by atoms with Crippen LogP contribution in [0.5, 0.6) is 5.75 Å². The molecule has 0 radical (unpaired) electrons.